The Hall–Kier alpha value is -2.83. The maximum absolute atomic E-state index is 12.1. The number of carbonyl (C=O) groups is 1. The molecule has 7 heteroatoms. The Balaban J connectivity index is 1.49. The van der Waals surface area contributed by atoms with Gasteiger partial charge in [-0.15, -0.1) is 0 Å². The molecule has 4 rings (SSSR count). The van der Waals surface area contributed by atoms with Crippen molar-refractivity contribution in [2.45, 2.75) is 25.7 Å². The Labute approximate surface area is 125 Å². The molecule has 0 atom stereocenters. The summed E-state index contributed by atoms with van der Waals surface area (Å²) in [7, 11) is 0. The Bertz CT molecular complexity index is 825. The van der Waals surface area contributed by atoms with Crippen molar-refractivity contribution in [3.8, 4) is 11.3 Å². The average Bonchev–Trinajstić information content (AvgIpc) is 2.92. The summed E-state index contributed by atoms with van der Waals surface area (Å²) < 4.78 is 15.5. The van der Waals surface area contributed by atoms with E-state index in [4.69, 9.17) is 13.5 Å². The molecular weight excluding hydrogens is 286 g/mol. The van der Waals surface area contributed by atoms with Crippen molar-refractivity contribution in [1.82, 2.24) is 10.3 Å². The lowest BCUT2D eigenvalue weighted by molar-refractivity contribution is 0.0987. The third-order valence-electron chi connectivity index (χ3n) is 3.62. The van der Waals surface area contributed by atoms with Gasteiger partial charge in [0.15, 0.2) is 11.6 Å². The summed E-state index contributed by atoms with van der Waals surface area (Å²) in [6.07, 6.45) is 3.77. The molecule has 112 valence electrons. The van der Waals surface area contributed by atoms with Crippen LogP contribution in [0.4, 0.5) is 5.82 Å². The van der Waals surface area contributed by atoms with Gasteiger partial charge in [0.2, 0.25) is 5.76 Å². The Morgan fingerprint density at radius 1 is 1.27 bits per heavy atom. The van der Waals surface area contributed by atoms with Gasteiger partial charge in [-0.3, -0.25) is 4.79 Å². The van der Waals surface area contributed by atoms with E-state index in [0.717, 1.165) is 29.9 Å². The zero-order valence-electron chi connectivity index (χ0n) is 11.8. The molecule has 1 fully saturated rings. The minimum Gasteiger partial charge on any atom is -0.469 e. The lowest BCUT2D eigenvalue weighted by Crippen LogP contribution is -2.10. The average molecular weight is 299 g/mol. The quantitative estimate of drug-likeness (QED) is 0.793. The van der Waals surface area contributed by atoms with E-state index in [1.54, 1.807) is 24.5 Å². The third-order valence-corrected chi connectivity index (χ3v) is 3.62. The number of hydrogen-bond acceptors (Lipinski definition) is 6. The number of nitrogens with one attached hydrogen (secondary N) is 1. The van der Waals surface area contributed by atoms with E-state index in [9.17, 15) is 4.79 Å². The third kappa shape index (κ3) is 2.30. The first-order chi connectivity index (χ1) is 10.7. The Morgan fingerprint density at radius 3 is 2.86 bits per heavy atom. The lowest BCUT2D eigenvalue weighted by Gasteiger charge is -1.94. The molecule has 0 radical (unpaired) electrons. The predicted octanol–water partition coefficient (Wildman–Crippen LogP) is 3.36. The SMILES string of the molecule is Cc1occc1-c1cc(NC(=O)c2cc(C3CC3)no2)no1. The van der Waals surface area contributed by atoms with Crippen LogP contribution in [0.1, 0.15) is 40.8 Å². The number of carbonyl (C=O) groups excluding carboxylic acids is 1. The minimum absolute atomic E-state index is 0.172. The molecule has 0 saturated heterocycles. The summed E-state index contributed by atoms with van der Waals surface area (Å²) in [6.45, 7) is 1.82. The van der Waals surface area contributed by atoms with Crippen molar-refractivity contribution < 1.29 is 18.3 Å². The number of furan rings is 1. The van der Waals surface area contributed by atoms with Gasteiger partial charge in [0, 0.05) is 18.1 Å². The number of aromatic nitrogens is 2. The van der Waals surface area contributed by atoms with Gasteiger partial charge in [0.1, 0.15) is 5.76 Å². The monoisotopic (exact) mass is 299 g/mol. The zero-order chi connectivity index (χ0) is 15.1. The van der Waals surface area contributed by atoms with Crippen molar-refractivity contribution in [1.29, 1.82) is 0 Å². The molecule has 1 N–H and O–H groups in total. The highest BCUT2D eigenvalue weighted by Crippen LogP contribution is 2.39. The molecule has 3 aromatic heterocycles. The summed E-state index contributed by atoms with van der Waals surface area (Å²) >= 11 is 0. The molecule has 7 nitrogen and oxygen atoms in total. The minimum atomic E-state index is -0.400. The summed E-state index contributed by atoms with van der Waals surface area (Å²) in [5.41, 5.74) is 1.63. The van der Waals surface area contributed by atoms with E-state index in [0.29, 0.717) is 17.5 Å². The maximum atomic E-state index is 12.1. The van der Waals surface area contributed by atoms with Gasteiger partial charge in [0.05, 0.1) is 17.5 Å². The number of amides is 1. The first-order valence-electron chi connectivity index (χ1n) is 7.00. The molecule has 1 saturated carbocycles. The first-order valence-corrected chi connectivity index (χ1v) is 7.00. The van der Waals surface area contributed by atoms with E-state index in [2.05, 4.69) is 15.6 Å². The zero-order valence-corrected chi connectivity index (χ0v) is 11.8. The second-order valence-corrected chi connectivity index (χ2v) is 5.31. The van der Waals surface area contributed by atoms with E-state index in [1.165, 1.54) is 0 Å². The second kappa shape index (κ2) is 4.87. The predicted molar refractivity (Wildman–Crippen MR) is 75.4 cm³/mol. The first kappa shape index (κ1) is 12.9. The van der Waals surface area contributed by atoms with Crippen LogP contribution in [0.5, 0.6) is 0 Å². The molecule has 3 aromatic rings. The van der Waals surface area contributed by atoms with Crippen LogP contribution in [0.2, 0.25) is 0 Å². The standard InChI is InChI=1S/C15H13N3O4/c1-8-10(4-5-20-8)12-7-14(18-21-12)16-15(19)13-6-11(17-22-13)9-2-3-9/h4-7,9H,2-3H2,1H3,(H,16,18,19). The molecular formula is C15H13N3O4. The van der Waals surface area contributed by atoms with Crippen molar-refractivity contribution in [3.05, 3.63) is 41.7 Å². The van der Waals surface area contributed by atoms with Gasteiger partial charge in [-0.05, 0) is 25.8 Å². The molecule has 0 unspecified atom stereocenters. The van der Waals surface area contributed by atoms with Crippen LogP contribution >= 0.6 is 0 Å². The van der Waals surface area contributed by atoms with Gasteiger partial charge in [-0.25, -0.2) is 0 Å². The topological polar surface area (TPSA) is 94.3 Å². The van der Waals surface area contributed by atoms with Crippen LogP contribution in [0.15, 0.2) is 37.9 Å². The molecule has 3 heterocycles. The van der Waals surface area contributed by atoms with Crippen LogP contribution in [-0.4, -0.2) is 16.2 Å². The fourth-order valence-electron chi connectivity index (χ4n) is 2.25. The second-order valence-electron chi connectivity index (χ2n) is 5.31. The van der Waals surface area contributed by atoms with Gasteiger partial charge in [0.25, 0.3) is 5.91 Å². The van der Waals surface area contributed by atoms with Gasteiger partial charge < -0.3 is 18.8 Å². The molecule has 22 heavy (non-hydrogen) atoms. The smallest absolute Gasteiger partial charge is 0.295 e. The van der Waals surface area contributed by atoms with Gasteiger partial charge in [-0.2, -0.15) is 0 Å². The number of anilines is 1. The summed E-state index contributed by atoms with van der Waals surface area (Å²) in [6, 6.07) is 5.09. The lowest BCUT2D eigenvalue weighted by atomic mass is 10.2. The fourth-order valence-corrected chi connectivity index (χ4v) is 2.25. The normalized spacial score (nSPS) is 14.2. The molecule has 1 amide bonds. The number of aryl methyl sites for hydroxylation is 1. The maximum Gasteiger partial charge on any atom is 0.295 e. The van der Waals surface area contributed by atoms with Crippen LogP contribution < -0.4 is 5.32 Å². The Morgan fingerprint density at radius 2 is 2.14 bits per heavy atom. The highest BCUT2D eigenvalue weighted by atomic mass is 16.5. The van der Waals surface area contributed by atoms with Crippen molar-refractivity contribution >= 4 is 11.7 Å². The molecule has 0 aromatic carbocycles. The molecule has 1 aliphatic carbocycles. The van der Waals surface area contributed by atoms with E-state index >= 15 is 0 Å². The number of hydrogen-bond donors (Lipinski definition) is 1. The number of rotatable bonds is 4. The van der Waals surface area contributed by atoms with Crippen LogP contribution in [-0.2, 0) is 0 Å². The van der Waals surface area contributed by atoms with E-state index < -0.39 is 5.91 Å². The largest absolute Gasteiger partial charge is 0.469 e. The summed E-state index contributed by atoms with van der Waals surface area (Å²) in [5.74, 6) is 1.77. The fraction of sp³-hybridized carbons (Fsp3) is 0.267. The molecule has 1 aliphatic rings. The van der Waals surface area contributed by atoms with Gasteiger partial charge in [-0.1, -0.05) is 10.3 Å². The van der Waals surface area contributed by atoms with Crippen LogP contribution in [0, 0.1) is 6.92 Å². The van der Waals surface area contributed by atoms with Crippen LogP contribution in [0.25, 0.3) is 11.3 Å². The van der Waals surface area contributed by atoms with Crippen LogP contribution in [0.3, 0.4) is 0 Å². The van der Waals surface area contributed by atoms with E-state index in [-0.39, 0.29) is 5.76 Å². The van der Waals surface area contributed by atoms with Crippen molar-refractivity contribution in [2.24, 2.45) is 0 Å². The molecule has 0 aliphatic heterocycles. The molecule has 0 bridgehead atoms. The summed E-state index contributed by atoms with van der Waals surface area (Å²) in [5, 5.41) is 10.4. The molecule has 0 spiro atoms. The number of nitrogens with zero attached hydrogens (tertiary/aromatic N) is 2. The van der Waals surface area contributed by atoms with Crippen molar-refractivity contribution in [3.63, 3.8) is 0 Å². The summed E-state index contributed by atoms with van der Waals surface area (Å²) in [4.78, 5) is 12.1. The van der Waals surface area contributed by atoms with Crippen molar-refractivity contribution in [2.75, 3.05) is 5.32 Å². The Kier molecular flexibility index (Phi) is 2.85. The van der Waals surface area contributed by atoms with E-state index in [1.807, 2.05) is 6.92 Å². The highest BCUT2D eigenvalue weighted by molar-refractivity contribution is 6.01. The highest BCUT2D eigenvalue weighted by Gasteiger charge is 2.28. The van der Waals surface area contributed by atoms with Gasteiger partial charge >= 0.3 is 0 Å².